The zero-order valence-electron chi connectivity index (χ0n) is 47.8. The molecule has 0 fully saturated rings. The summed E-state index contributed by atoms with van der Waals surface area (Å²) in [5.74, 6) is 0. The first-order valence-electron chi connectivity index (χ1n) is 27.8. The summed E-state index contributed by atoms with van der Waals surface area (Å²) in [4.78, 5) is 5.34. The summed E-state index contributed by atoms with van der Waals surface area (Å²) in [6, 6.07) is 58.2. The third-order valence-corrected chi connectivity index (χ3v) is 17.3. The topological polar surface area (TPSA) is 24.6 Å². The lowest BCUT2D eigenvalue weighted by molar-refractivity contribution is 0.589. The number of benzene rings is 9. The van der Waals surface area contributed by atoms with Crippen LogP contribution in [-0.4, -0.2) is 11.3 Å². The lowest BCUT2D eigenvalue weighted by Crippen LogP contribution is -2.61. The molecule has 13 rings (SSSR count). The first-order chi connectivity index (χ1) is 36.6. The van der Waals surface area contributed by atoms with Gasteiger partial charge in [0.25, 0.3) is 6.71 Å². The minimum absolute atomic E-state index is 0.00783. The van der Waals surface area contributed by atoms with Crippen LogP contribution in [-0.2, 0) is 16.2 Å². The fourth-order valence-corrected chi connectivity index (χ4v) is 13.4. The van der Waals surface area contributed by atoms with Crippen LogP contribution in [0.5, 0.6) is 0 Å². The molecule has 9 aromatic carbocycles. The average molecular weight is 1000 g/mol. The fourth-order valence-electron chi connectivity index (χ4n) is 13.4. The predicted octanol–water partition coefficient (Wildman–Crippen LogP) is 18.2. The Morgan fingerprint density at radius 2 is 0.896 bits per heavy atom. The molecule has 0 radical (unpaired) electrons. The monoisotopic (exact) mass is 1000 g/mol. The Bertz CT molecular complexity index is 4250. The van der Waals surface area contributed by atoms with Crippen LogP contribution in [0, 0.1) is 41.5 Å². The Labute approximate surface area is 456 Å². The van der Waals surface area contributed by atoms with Gasteiger partial charge in [-0.1, -0.05) is 153 Å². The second-order valence-corrected chi connectivity index (χ2v) is 25.8. The molecule has 0 amide bonds. The van der Waals surface area contributed by atoms with E-state index in [2.05, 4.69) is 264 Å². The largest absolute Gasteiger partial charge is 0.456 e. The standard InChI is InChI=1S/C72H70BN3O/c1-41-21-20-22-42(2)67(41)74-58-25-18-16-23-52(58)55-39-57-61(40-60(55)74)76(68-43(3)31-48(32-44(68)4)47-27-29-54-53-24-17-19-26-64(53)77-65(54)35-47)63-38-51(72(13,14)15)37-62-66(63)73(57)56-36-49(70(7,8)9)28-30-59(56)75(62)69-45(5)33-50(34-46(69)6)71(10,11)12/h16-40H,1-15H3. The van der Waals surface area contributed by atoms with E-state index in [0.29, 0.717) is 0 Å². The molecule has 4 heterocycles. The van der Waals surface area contributed by atoms with Crippen LogP contribution in [0.25, 0.3) is 60.6 Å². The molecule has 0 unspecified atom stereocenters. The molecule has 0 atom stereocenters. The van der Waals surface area contributed by atoms with Crippen LogP contribution in [0.15, 0.2) is 156 Å². The Balaban J connectivity index is 1.16. The van der Waals surface area contributed by atoms with Gasteiger partial charge in [-0.25, -0.2) is 0 Å². The molecule has 4 nitrogen and oxygen atoms in total. The van der Waals surface area contributed by atoms with E-state index in [0.717, 1.165) is 27.5 Å². The van der Waals surface area contributed by atoms with E-state index in [-0.39, 0.29) is 23.0 Å². The fraction of sp³-hybridized carbons (Fsp3) is 0.250. The number of para-hydroxylation sites is 3. The van der Waals surface area contributed by atoms with E-state index in [9.17, 15) is 0 Å². The number of anilines is 6. The lowest BCUT2D eigenvalue weighted by atomic mass is 9.33. The summed E-state index contributed by atoms with van der Waals surface area (Å²) >= 11 is 0. The third kappa shape index (κ3) is 7.47. The SMILES string of the molecule is Cc1cc(C(C)(C)C)cc(C)c1N1c2ccc(C(C)(C)C)cc2B2c3cc4c5ccccc5n(-c5c(C)cccc5C)c4cc3N(c3c(C)cc(-c4ccc5c(c4)oc4ccccc45)cc3C)c3cc(C(C)(C)C)cc1c32. The van der Waals surface area contributed by atoms with Crippen molar-refractivity contribution in [3.05, 3.63) is 202 Å². The molecule has 11 aromatic rings. The molecule has 2 aliphatic rings. The van der Waals surface area contributed by atoms with E-state index in [4.69, 9.17) is 4.42 Å². The molecule has 2 aromatic heterocycles. The van der Waals surface area contributed by atoms with Crippen molar-refractivity contribution in [2.45, 2.75) is 120 Å². The average Bonchev–Trinajstić information content (AvgIpc) is 3.91. The summed E-state index contributed by atoms with van der Waals surface area (Å²) in [5, 5.41) is 4.82. The van der Waals surface area contributed by atoms with Crippen LogP contribution in [0.2, 0.25) is 0 Å². The highest BCUT2D eigenvalue weighted by Gasteiger charge is 2.46. The van der Waals surface area contributed by atoms with Crippen LogP contribution in [0.1, 0.15) is 112 Å². The summed E-state index contributed by atoms with van der Waals surface area (Å²) in [6.07, 6.45) is 0. The van der Waals surface area contributed by atoms with E-state index < -0.39 is 0 Å². The molecule has 77 heavy (non-hydrogen) atoms. The number of aryl methyl sites for hydroxylation is 6. The number of fused-ring (bicyclic) bond motifs is 10. The Kier molecular flexibility index (Phi) is 10.7. The summed E-state index contributed by atoms with van der Waals surface area (Å²) < 4.78 is 9.03. The van der Waals surface area contributed by atoms with E-state index in [1.165, 1.54) is 134 Å². The van der Waals surface area contributed by atoms with Crippen molar-refractivity contribution in [1.82, 2.24) is 4.57 Å². The van der Waals surface area contributed by atoms with Crippen molar-refractivity contribution in [1.29, 1.82) is 0 Å². The molecule has 2 aliphatic heterocycles. The lowest BCUT2D eigenvalue weighted by Gasteiger charge is -2.46. The zero-order chi connectivity index (χ0) is 53.9. The van der Waals surface area contributed by atoms with Gasteiger partial charge >= 0.3 is 0 Å². The second-order valence-electron chi connectivity index (χ2n) is 25.8. The third-order valence-electron chi connectivity index (χ3n) is 17.3. The van der Waals surface area contributed by atoms with Crippen molar-refractivity contribution in [2.24, 2.45) is 0 Å². The number of hydrogen-bond acceptors (Lipinski definition) is 3. The van der Waals surface area contributed by atoms with Gasteiger partial charge in [-0.3, -0.25) is 0 Å². The van der Waals surface area contributed by atoms with Crippen LogP contribution in [0.3, 0.4) is 0 Å². The number of aromatic nitrogens is 1. The maximum atomic E-state index is 6.47. The van der Waals surface area contributed by atoms with Crippen molar-refractivity contribution < 1.29 is 4.42 Å². The summed E-state index contributed by atoms with van der Waals surface area (Å²) in [7, 11) is 0. The number of furan rings is 1. The van der Waals surface area contributed by atoms with Crippen molar-refractivity contribution >= 4 is 101 Å². The highest BCUT2D eigenvalue weighted by molar-refractivity contribution is 7.00. The van der Waals surface area contributed by atoms with Gasteiger partial charge in [-0.05, 0) is 196 Å². The molecule has 0 N–H and O–H groups in total. The Morgan fingerprint density at radius 3 is 1.53 bits per heavy atom. The molecule has 0 spiro atoms. The highest BCUT2D eigenvalue weighted by atomic mass is 16.3. The molecular weight excluding hydrogens is 934 g/mol. The number of hydrogen-bond donors (Lipinski definition) is 0. The normalized spacial score (nSPS) is 13.6. The zero-order valence-corrected chi connectivity index (χ0v) is 47.8. The molecular formula is C72H70BN3O. The smallest absolute Gasteiger partial charge is 0.252 e. The first-order valence-corrected chi connectivity index (χ1v) is 27.8. The van der Waals surface area contributed by atoms with Crippen LogP contribution < -0.4 is 26.2 Å². The van der Waals surface area contributed by atoms with Gasteiger partial charge < -0.3 is 18.8 Å². The van der Waals surface area contributed by atoms with Crippen molar-refractivity contribution in [2.75, 3.05) is 9.80 Å². The second kappa shape index (κ2) is 16.9. The van der Waals surface area contributed by atoms with Crippen LogP contribution >= 0.6 is 0 Å². The number of nitrogens with zero attached hydrogens (tertiary/aromatic N) is 3. The summed E-state index contributed by atoms with van der Waals surface area (Å²) in [6.45, 7) is 35.0. The van der Waals surface area contributed by atoms with Gasteiger partial charge in [-0.2, -0.15) is 0 Å². The van der Waals surface area contributed by atoms with Gasteiger partial charge in [-0.15, -0.1) is 0 Å². The molecule has 5 heteroatoms. The first kappa shape index (κ1) is 48.9. The van der Waals surface area contributed by atoms with Gasteiger partial charge in [0.2, 0.25) is 0 Å². The van der Waals surface area contributed by atoms with Gasteiger partial charge in [0, 0.05) is 44.3 Å². The Hall–Kier alpha value is -7.76. The molecule has 0 bridgehead atoms. The van der Waals surface area contributed by atoms with Crippen molar-refractivity contribution in [3.8, 4) is 16.8 Å². The van der Waals surface area contributed by atoms with E-state index in [1.54, 1.807) is 0 Å². The maximum Gasteiger partial charge on any atom is 0.252 e. The predicted molar refractivity (Wildman–Crippen MR) is 332 cm³/mol. The molecule has 382 valence electrons. The van der Waals surface area contributed by atoms with Crippen molar-refractivity contribution in [3.63, 3.8) is 0 Å². The van der Waals surface area contributed by atoms with E-state index in [1.807, 2.05) is 6.07 Å². The number of rotatable bonds is 4. The van der Waals surface area contributed by atoms with E-state index >= 15 is 0 Å². The van der Waals surface area contributed by atoms with Gasteiger partial charge in [0.05, 0.1) is 28.1 Å². The highest BCUT2D eigenvalue weighted by Crippen LogP contribution is 2.51. The molecule has 0 saturated heterocycles. The van der Waals surface area contributed by atoms with Gasteiger partial charge in [0.15, 0.2) is 0 Å². The Morgan fingerprint density at radius 1 is 0.351 bits per heavy atom. The molecule has 0 aliphatic carbocycles. The van der Waals surface area contributed by atoms with Gasteiger partial charge in [0.1, 0.15) is 11.2 Å². The van der Waals surface area contributed by atoms with Crippen LogP contribution in [0.4, 0.5) is 34.1 Å². The minimum Gasteiger partial charge on any atom is -0.456 e. The maximum absolute atomic E-state index is 6.47. The minimum atomic E-state index is -0.169. The molecule has 0 saturated carbocycles. The quantitative estimate of drug-likeness (QED) is 0.164. The summed E-state index contributed by atoms with van der Waals surface area (Å²) in [5.41, 5.74) is 30.5.